The number of thiol groups is 1. The fraction of sp³-hybridized carbons (Fsp3) is 0.462. The van der Waals surface area contributed by atoms with Gasteiger partial charge in [0.1, 0.15) is 0 Å². The highest BCUT2D eigenvalue weighted by atomic mass is 32.2. The van der Waals surface area contributed by atoms with Crippen molar-refractivity contribution in [2.45, 2.75) is 31.2 Å². The molecule has 0 spiro atoms. The standard InChI is InChI=1S/C13H19NOS2/c1-3-17-9-8-10(2)14-13(15)11-4-6-12(16)7-5-11/h4-7,10,16H,3,8-9H2,1-2H3,(H,14,15). The third kappa shape index (κ3) is 5.50. The summed E-state index contributed by atoms with van der Waals surface area (Å²) in [7, 11) is 0. The van der Waals surface area contributed by atoms with Gasteiger partial charge in [0, 0.05) is 16.5 Å². The molecular weight excluding hydrogens is 250 g/mol. The van der Waals surface area contributed by atoms with Crippen molar-refractivity contribution in [3.63, 3.8) is 0 Å². The van der Waals surface area contributed by atoms with Gasteiger partial charge in [-0.15, -0.1) is 12.6 Å². The molecule has 0 aliphatic heterocycles. The van der Waals surface area contributed by atoms with E-state index < -0.39 is 0 Å². The zero-order valence-corrected chi connectivity index (χ0v) is 12.0. The van der Waals surface area contributed by atoms with Gasteiger partial charge in [0.05, 0.1) is 0 Å². The lowest BCUT2D eigenvalue weighted by molar-refractivity contribution is 0.0939. The summed E-state index contributed by atoms with van der Waals surface area (Å²) in [6.45, 7) is 4.19. The largest absolute Gasteiger partial charge is 0.350 e. The molecular formula is C13H19NOS2. The van der Waals surface area contributed by atoms with Crippen LogP contribution >= 0.6 is 24.4 Å². The number of rotatable bonds is 6. The lowest BCUT2D eigenvalue weighted by Crippen LogP contribution is -2.32. The monoisotopic (exact) mass is 269 g/mol. The minimum Gasteiger partial charge on any atom is -0.350 e. The number of benzene rings is 1. The fourth-order valence-corrected chi connectivity index (χ4v) is 2.35. The van der Waals surface area contributed by atoms with Gasteiger partial charge in [0.25, 0.3) is 5.91 Å². The van der Waals surface area contributed by atoms with Crippen LogP contribution < -0.4 is 5.32 Å². The van der Waals surface area contributed by atoms with Gasteiger partial charge in [-0.1, -0.05) is 6.92 Å². The van der Waals surface area contributed by atoms with Crippen molar-refractivity contribution < 1.29 is 4.79 Å². The van der Waals surface area contributed by atoms with Crippen LogP contribution in [0.4, 0.5) is 0 Å². The number of nitrogens with one attached hydrogen (secondary N) is 1. The van der Waals surface area contributed by atoms with Crippen molar-refractivity contribution in [1.29, 1.82) is 0 Å². The van der Waals surface area contributed by atoms with Crippen LogP contribution in [0, 0.1) is 0 Å². The molecule has 2 nitrogen and oxygen atoms in total. The number of hydrogen-bond donors (Lipinski definition) is 2. The van der Waals surface area contributed by atoms with E-state index in [1.807, 2.05) is 30.8 Å². The normalized spacial score (nSPS) is 12.2. The van der Waals surface area contributed by atoms with E-state index in [-0.39, 0.29) is 11.9 Å². The van der Waals surface area contributed by atoms with Crippen LogP contribution in [0.1, 0.15) is 30.6 Å². The van der Waals surface area contributed by atoms with Crippen molar-refractivity contribution in [2.24, 2.45) is 0 Å². The highest BCUT2D eigenvalue weighted by molar-refractivity contribution is 7.99. The molecule has 94 valence electrons. The zero-order valence-electron chi connectivity index (χ0n) is 10.3. The Kier molecular flexibility index (Phi) is 6.52. The Balaban J connectivity index is 2.40. The SMILES string of the molecule is CCSCCC(C)NC(=O)c1ccc(S)cc1. The molecule has 0 aliphatic rings. The van der Waals surface area contributed by atoms with Crippen LogP contribution in [0.15, 0.2) is 29.2 Å². The van der Waals surface area contributed by atoms with Gasteiger partial charge < -0.3 is 5.32 Å². The predicted molar refractivity (Wildman–Crippen MR) is 78.2 cm³/mol. The summed E-state index contributed by atoms with van der Waals surface area (Å²) in [5.74, 6) is 2.21. The molecule has 0 saturated heterocycles. The zero-order chi connectivity index (χ0) is 12.7. The highest BCUT2D eigenvalue weighted by Crippen LogP contribution is 2.09. The second kappa shape index (κ2) is 7.67. The Morgan fingerprint density at radius 2 is 2.06 bits per heavy atom. The average Bonchev–Trinajstić information content (AvgIpc) is 2.30. The molecule has 0 aromatic heterocycles. The molecule has 1 amide bonds. The molecule has 4 heteroatoms. The molecule has 17 heavy (non-hydrogen) atoms. The minimum absolute atomic E-state index is 0.00710. The predicted octanol–water partition coefficient (Wildman–Crippen LogP) is 3.24. The first kappa shape index (κ1) is 14.5. The molecule has 0 heterocycles. The number of thioether (sulfide) groups is 1. The van der Waals surface area contributed by atoms with E-state index >= 15 is 0 Å². The van der Waals surface area contributed by atoms with E-state index in [2.05, 4.69) is 24.9 Å². The molecule has 1 aromatic rings. The summed E-state index contributed by atoms with van der Waals surface area (Å²) in [4.78, 5) is 12.7. The summed E-state index contributed by atoms with van der Waals surface area (Å²) in [6, 6.07) is 7.47. The van der Waals surface area contributed by atoms with Crippen LogP contribution in [0.3, 0.4) is 0 Å². The lowest BCUT2D eigenvalue weighted by atomic mass is 10.2. The second-order valence-electron chi connectivity index (χ2n) is 3.91. The Hall–Kier alpha value is -0.610. The first-order valence-electron chi connectivity index (χ1n) is 5.81. The maximum Gasteiger partial charge on any atom is 0.251 e. The lowest BCUT2D eigenvalue weighted by Gasteiger charge is -2.13. The molecule has 0 aliphatic carbocycles. The van der Waals surface area contributed by atoms with E-state index in [1.54, 1.807) is 12.1 Å². The van der Waals surface area contributed by atoms with Gasteiger partial charge in [0.15, 0.2) is 0 Å². The summed E-state index contributed by atoms with van der Waals surface area (Å²) in [5.41, 5.74) is 0.692. The molecule has 1 rings (SSSR count). The van der Waals surface area contributed by atoms with Gasteiger partial charge in [-0.2, -0.15) is 11.8 Å². The first-order valence-corrected chi connectivity index (χ1v) is 7.41. The van der Waals surface area contributed by atoms with Crippen molar-refractivity contribution >= 4 is 30.3 Å². The topological polar surface area (TPSA) is 29.1 Å². The summed E-state index contributed by atoms with van der Waals surface area (Å²) >= 11 is 6.09. The highest BCUT2D eigenvalue weighted by Gasteiger charge is 2.08. The Morgan fingerprint density at radius 3 is 2.65 bits per heavy atom. The van der Waals surface area contributed by atoms with Crippen LogP contribution in [-0.4, -0.2) is 23.5 Å². The van der Waals surface area contributed by atoms with E-state index in [0.29, 0.717) is 5.56 Å². The van der Waals surface area contributed by atoms with Crippen LogP contribution in [0.2, 0.25) is 0 Å². The van der Waals surface area contributed by atoms with E-state index in [0.717, 1.165) is 22.8 Å². The smallest absolute Gasteiger partial charge is 0.251 e. The van der Waals surface area contributed by atoms with Crippen molar-refractivity contribution in [1.82, 2.24) is 5.32 Å². The molecule has 0 fully saturated rings. The van der Waals surface area contributed by atoms with Crippen molar-refractivity contribution in [3.8, 4) is 0 Å². The molecule has 1 atom stereocenters. The van der Waals surface area contributed by atoms with Crippen LogP contribution in [-0.2, 0) is 0 Å². The number of carbonyl (C=O) groups excluding carboxylic acids is 1. The minimum atomic E-state index is -0.00710. The summed E-state index contributed by atoms with van der Waals surface area (Å²) in [5, 5.41) is 3.00. The van der Waals surface area contributed by atoms with Crippen LogP contribution in [0.25, 0.3) is 0 Å². The van der Waals surface area contributed by atoms with Gasteiger partial charge in [-0.3, -0.25) is 4.79 Å². The molecule has 0 saturated carbocycles. The molecule has 1 N–H and O–H groups in total. The quantitative estimate of drug-likeness (QED) is 0.613. The van der Waals surface area contributed by atoms with Crippen LogP contribution in [0.5, 0.6) is 0 Å². The average molecular weight is 269 g/mol. The third-order valence-corrected chi connectivity index (χ3v) is 3.64. The summed E-state index contributed by atoms with van der Waals surface area (Å²) in [6.07, 6.45) is 1.01. The van der Waals surface area contributed by atoms with Gasteiger partial charge in [0.2, 0.25) is 0 Å². The maximum atomic E-state index is 11.9. The fourth-order valence-electron chi connectivity index (χ4n) is 1.40. The van der Waals surface area contributed by atoms with E-state index in [1.165, 1.54) is 0 Å². The second-order valence-corrected chi connectivity index (χ2v) is 5.82. The molecule has 1 aromatic carbocycles. The Bertz CT molecular complexity index is 351. The summed E-state index contributed by atoms with van der Waals surface area (Å²) < 4.78 is 0. The van der Waals surface area contributed by atoms with Gasteiger partial charge in [-0.05, 0) is 49.1 Å². The number of amides is 1. The van der Waals surface area contributed by atoms with Gasteiger partial charge >= 0.3 is 0 Å². The van der Waals surface area contributed by atoms with Gasteiger partial charge in [-0.25, -0.2) is 0 Å². The first-order chi connectivity index (χ1) is 8.13. The number of carbonyl (C=O) groups is 1. The Labute approximate surface area is 113 Å². The molecule has 0 radical (unpaired) electrons. The van der Waals surface area contributed by atoms with E-state index in [4.69, 9.17) is 0 Å². The maximum absolute atomic E-state index is 11.9. The third-order valence-electron chi connectivity index (χ3n) is 2.41. The Morgan fingerprint density at radius 1 is 1.41 bits per heavy atom. The molecule has 0 bridgehead atoms. The van der Waals surface area contributed by atoms with E-state index in [9.17, 15) is 4.79 Å². The van der Waals surface area contributed by atoms with Crippen molar-refractivity contribution in [3.05, 3.63) is 29.8 Å². The van der Waals surface area contributed by atoms with Crippen molar-refractivity contribution in [2.75, 3.05) is 11.5 Å². The molecule has 1 unspecified atom stereocenters. The number of hydrogen-bond acceptors (Lipinski definition) is 3.